The Labute approximate surface area is 146 Å². The molecule has 0 heterocycles. The third-order valence-corrected chi connectivity index (χ3v) is 5.64. The Morgan fingerprint density at radius 3 is 2.42 bits per heavy atom. The van der Waals surface area contributed by atoms with E-state index in [0.717, 1.165) is 12.0 Å². The Hall–Kier alpha value is -1.64. The van der Waals surface area contributed by atoms with E-state index in [0.29, 0.717) is 17.9 Å². The van der Waals surface area contributed by atoms with Gasteiger partial charge in [-0.1, -0.05) is 44.2 Å². The summed E-state index contributed by atoms with van der Waals surface area (Å²) in [5, 5.41) is 0. The Bertz CT molecular complexity index is 588. The van der Waals surface area contributed by atoms with E-state index in [4.69, 9.17) is 0 Å². The molecular formula is C21H31NO2. The number of carbonyl (C=O) groups is 2. The number of carbonyl (C=O) groups excluding carboxylic acids is 2. The molecule has 3 nitrogen and oxygen atoms in total. The van der Waals surface area contributed by atoms with Crippen molar-refractivity contribution in [2.45, 2.75) is 71.8 Å². The molecule has 2 rings (SSSR count). The highest BCUT2D eigenvalue weighted by Crippen LogP contribution is 2.27. The van der Waals surface area contributed by atoms with Crippen LogP contribution in [0.4, 0.5) is 0 Å². The number of nitrogens with zero attached hydrogens (tertiary/aromatic N) is 1. The number of ketones is 1. The molecule has 3 heteroatoms. The number of benzene rings is 1. The zero-order valence-electron chi connectivity index (χ0n) is 15.6. The fourth-order valence-electron chi connectivity index (χ4n) is 3.51. The minimum absolute atomic E-state index is 0.0200. The topological polar surface area (TPSA) is 37.4 Å². The van der Waals surface area contributed by atoms with Crippen molar-refractivity contribution in [3.05, 3.63) is 34.9 Å². The summed E-state index contributed by atoms with van der Waals surface area (Å²) < 4.78 is 0. The average molecular weight is 329 g/mol. The Morgan fingerprint density at radius 2 is 1.79 bits per heavy atom. The number of hydrogen-bond acceptors (Lipinski definition) is 2. The average Bonchev–Trinajstić information content (AvgIpc) is 2.61. The summed E-state index contributed by atoms with van der Waals surface area (Å²) in [4.78, 5) is 26.7. The van der Waals surface area contributed by atoms with Crippen molar-refractivity contribution in [3.63, 3.8) is 0 Å². The third kappa shape index (κ3) is 4.68. The normalized spacial score (nSPS) is 16.7. The van der Waals surface area contributed by atoms with E-state index >= 15 is 0 Å². The first-order valence-corrected chi connectivity index (χ1v) is 9.27. The van der Waals surface area contributed by atoms with Crippen molar-refractivity contribution < 1.29 is 9.59 Å². The first kappa shape index (κ1) is 18.7. The largest absolute Gasteiger partial charge is 0.336 e. The zero-order chi connectivity index (χ0) is 17.7. The molecule has 24 heavy (non-hydrogen) atoms. The fourth-order valence-corrected chi connectivity index (χ4v) is 3.51. The van der Waals surface area contributed by atoms with Crippen LogP contribution in [0.3, 0.4) is 0 Å². The number of amides is 1. The van der Waals surface area contributed by atoms with Crippen LogP contribution in [0.5, 0.6) is 0 Å². The summed E-state index contributed by atoms with van der Waals surface area (Å²) in [5.41, 5.74) is 2.98. The maximum atomic E-state index is 12.7. The van der Waals surface area contributed by atoms with E-state index in [9.17, 15) is 9.59 Å². The summed E-state index contributed by atoms with van der Waals surface area (Å²) in [7, 11) is 1.76. The van der Waals surface area contributed by atoms with Crippen LogP contribution >= 0.6 is 0 Å². The first-order chi connectivity index (χ1) is 11.4. The van der Waals surface area contributed by atoms with Crippen molar-refractivity contribution in [1.82, 2.24) is 4.90 Å². The minimum atomic E-state index is -0.411. The van der Waals surface area contributed by atoms with E-state index in [1.54, 1.807) is 11.9 Å². The summed E-state index contributed by atoms with van der Waals surface area (Å²) in [6.45, 7) is 5.87. The molecule has 132 valence electrons. The number of likely N-dealkylation sites (N-methyl/N-ethyl adjacent to an activating group) is 1. The van der Waals surface area contributed by atoms with Gasteiger partial charge in [0, 0.05) is 19.0 Å². The lowest BCUT2D eigenvalue weighted by Gasteiger charge is -2.26. The molecule has 0 bridgehead atoms. The molecule has 0 aromatic heterocycles. The molecule has 0 saturated heterocycles. The second-order valence-corrected chi connectivity index (χ2v) is 7.39. The van der Waals surface area contributed by atoms with Gasteiger partial charge >= 0.3 is 0 Å². The molecule has 1 amide bonds. The highest BCUT2D eigenvalue weighted by molar-refractivity contribution is 6.01. The highest BCUT2D eigenvalue weighted by Gasteiger charge is 2.24. The van der Waals surface area contributed by atoms with Gasteiger partial charge in [0.05, 0.1) is 6.04 Å². The maximum Gasteiger partial charge on any atom is 0.222 e. The quantitative estimate of drug-likeness (QED) is 0.710. The first-order valence-electron chi connectivity index (χ1n) is 9.27. The monoisotopic (exact) mass is 329 g/mol. The molecule has 0 N–H and O–H groups in total. The third-order valence-electron chi connectivity index (χ3n) is 5.64. The van der Waals surface area contributed by atoms with Gasteiger partial charge in [-0.05, 0) is 50.3 Å². The summed E-state index contributed by atoms with van der Waals surface area (Å²) >= 11 is 0. The highest BCUT2D eigenvalue weighted by atomic mass is 16.2. The van der Waals surface area contributed by atoms with Gasteiger partial charge in [-0.3, -0.25) is 9.59 Å². The van der Waals surface area contributed by atoms with Crippen LogP contribution < -0.4 is 0 Å². The smallest absolute Gasteiger partial charge is 0.222 e. The molecule has 1 aliphatic rings. The molecule has 0 aliphatic heterocycles. The second-order valence-electron chi connectivity index (χ2n) is 7.39. The van der Waals surface area contributed by atoms with E-state index in [-0.39, 0.29) is 11.7 Å². The van der Waals surface area contributed by atoms with Gasteiger partial charge in [0.1, 0.15) is 0 Å². The van der Waals surface area contributed by atoms with Crippen LogP contribution in [0.2, 0.25) is 0 Å². The number of rotatable bonds is 6. The molecule has 1 unspecified atom stereocenters. The van der Waals surface area contributed by atoms with E-state index in [2.05, 4.69) is 0 Å². The summed E-state index contributed by atoms with van der Waals surface area (Å²) in [6.07, 6.45) is 7.99. The molecule has 1 saturated carbocycles. The summed E-state index contributed by atoms with van der Waals surface area (Å²) in [6, 6.07) is 5.35. The fraction of sp³-hybridized carbons (Fsp3) is 0.619. The van der Waals surface area contributed by atoms with Crippen LogP contribution in [0, 0.1) is 19.8 Å². The van der Waals surface area contributed by atoms with Gasteiger partial charge in [-0.2, -0.15) is 0 Å². The predicted octanol–water partition coefficient (Wildman–Crippen LogP) is 4.69. The van der Waals surface area contributed by atoms with Crippen LogP contribution in [-0.2, 0) is 4.79 Å². The van der Waals surface area contributed by atoms with Gasteiger partial charge in [-0.25, -0.2) is 0 Å². The van der Waals surface area contributed by atoms with E-state index in [1.807, 2.05) is 39.0 Å². The van der Waals surface area contributed by atoms with Gasteiger partial charge in [0.25, 0.3) is 0 Å². The molecular weight excluding hydrogens is 298 g/mol. The van der Waals surface area contributed by atoms with Crippen molar-refractivity contribution in [2.24, 2.45) is 5.92 Å². The molecule has 1 atom stereocenters. The van der Waals surface area contributed by atoms with Crippen molar-refractivity contribution in [2.75, 3.05) is 7.05 Å². The Morgan fingerprint density at radius 1 is 1.12 bits per heavy atom. The van der Waals surface area contributed by atoms with Crippen molar-refractivity contribution in [1.29, 1.82) is 0 Å². The van der Waals surface area contributed by atoms with Crippen molar-refractivity contribution >= 4 is 11.7 Å². The van der Waals surface area contributed by atoms with Crippen LogP contribution in [0.25, 0.3) is 0 Å². The number of hydrogen-bond donors (Lipinski definition) is 0. The number of Topliss-reactive ketones (excluding diaryl/α,β-unsaturated/α-hetero) is 1. The minimum Gasteiger partial charge on any atom is -0.336 e. The number of aryl methyl sites for hydroxylation is 2. The second kappa shape index (κ2) is 8.46. The van der Waals surface area contributed by atoms with E-state index < -0.39 is 6.04 Å². The molecule has 1 aliphatic carbocycles. The lowest BCUT2D eigenvalue weighted by molar-refractivity contribution is -0.131. The molecule has 1 aromatic rings. The van der Waals surface area contributed by atoms with E-state index in [1.165, 1.54) is 37.7 Å². The molecule has 1 fully saturated rings. The predicted molar refractivity (Wildman–Crippen MR) is 98.3 cm³/mol. The van der Waals surface area contributed by atoms with Crippen LogP contribution in [-0.4, -0.2) is 29.7 Å². The van der Waals surface area contributed by atoms with Gasteiger partial charge in [-0.15, -0.1) is 0 Å². The Balaban J connectivity index is 1.91. The molecule has 0 radical (unpaired) electrons. The van der Waals surface area contributed by atoms with Crippen molar-refractivity contribution in [3.8, 4) is 0 Å². The van der Waals surface area contributed by atoms with Gasteiger partial charge < -0.3 is 4.90 Å². The van der Waals surface area contributed by atoms with Gasteiger partial charge in [0.15, 0.2) is 5.78 Å². The maximum absolute atomic E-state index is 12.7. The van der Waals surface area contributed by atoms with Crippen LogP contribution in [0.15, 0.2) is 18.2 Å². The standard InChI is InChI=1S/C21H31NO2/c1-15-10-12-19(14-16(15)2)21(24)17(3)22(4)20(23)13-11-18-8-6-5-7-9-18/h10,12,14,17-18H,5-9,11,13H2,1-4H3. The lowest BCUT2D eigenvalue weighted by Crippen LogP contribution is -2.40. The molecule has 1 aromatic carbocycles. The zero-order valence-corrected chi connectivity index (χ0v) is 15.6. The SMILES string of the molecule is Cc1ccc(C(=O)C(C)N(C)C(=O)CCC2CCCCC2)cc1C. The lowest BCUT2D eigenvalue weighted by atomic mass is 9.86. The molecule has 0 spiro atoms. The van der Waals surface area contributed by atoms with Crippen LogP contribution in [0.1, 0.15) is 73.4 Å². The Kier molecular flexibility index (Phi) is 6.59. The van der Waals surface area contributed by atoms with Gasteiger partial charge in [0.2, 0.25) is 5.91 Å². The summed E-state index contributed by atoms with van der Waals surface area (Å²) in [5.74, 6) is 0.804.